The highest BCUT2D eigenvalue weighted by Crippen LogP contribution is 2.34. The molecule has 0 aromatic heterocycles. The van der Waals surface area contributed by atoms with E-state index in [-0.39, 0.29) is 4.90 Å². The summed E-state index contributed by atoms with van der Waals surface area (Å²) in [7, 11) is -5.35. The molecule has 0 aliphatic heterocycles. The van der Waals surface area contributed by atoms with Crippen molar-refractivity contribution < 1.29 is 13.0 Å². The van der Waals surface area contributed by atoms with Crippen LogP contribution in [0, 0.1) is 0 Å². The highest BCUT2D eigenvalue weighted by molar-refractivity contribution is 7.88. The first kappa shape index (κ1) is 15.9. The fraction of sp³-hybridized carbons (Fsp3) is 0. The van der Waals surface area contributed by atoms with Gasteiger partial charge >= 0.3 is 0 Å². The van der Waals surface area contributed by atoms with Crippen molar-refractivity contribution in [2.24, 2.45) is 0 Å². The maximum atomic E-state index is 11.8. The molecule has 0 fully saturated rings. The average Bonchev–Trinajstić information content (AvgIpc) is 2.57. The van der Waals surface area contributed by atoms with Gasteiger partial charge in [0.05, 0.1) is 0 Å². The second-order valence-electron chi connectivity index (χ2n) is 4.95. The minimum Gasteiger partial charge on any atom is -0.282 e. The first-order valence-corrected chi connectivity index (χ1v) is 9.82. The van der Waals surface area contributed by atoms with Gasteiger partial charge in [-0.05, 0) is 24.6 Å². The van der Waals surface area contributed by atoms with Crippen LogP contribution in [-0.2, 0) is 10.1 Å². The summed E-state index contributed by atoms with van der Waals surface area (Å²) in [6, 6.07) is 26.2. The first-order chi connectivity index (χ1) is 11.1. The molecule has 0 amide bonds. The summed E-state index contributed by atoms with van der Waals surface area (Å²) < 4.78 is 33.2. The lowest BCUT2D eigenvalue weighted by molar-refractivity contribution is 0.484. The maximum Gasteiger partial charge on any atom is 0.295 e. The predicted molar refractivity (Wildman–Crippen MR) is 95.0 cm³/mol. The molecule has 0 atom stereocenters. The summed E-state index contributed by atoms with van der Waals surface area (Å²) in [5, 5.41) is 2.69. The molecule has 0 saturated heterocycles. The van der Waals surface area contributed by atoms with Crippen LogP contribution < -0.4 is 15.9 Å². The minimum absolute atomic E-state index is 0.0289. The van der Waals surface area contributed by atoms with Crippen LogP contribution in [0.15, 0.2) is 89.8 Å². The summed E-state index contributed by atoms with van der Waals surface area (Å²) in [4.78, 5) is -0.0289. The monoisotopic (exact) mass is 342 g/mol. The second-order valence-corrected chi connectivity index (χ2v) is 8.52. The van der Waals surface area contributed by atoms with Gasteiger partial charge in [0.25, 0.3) is 10.1 Å². The van der Waals surface area contributed by atoms with E-state index in [0.29, 0.717) is 5.30 Å². The van der Waals surface area contributed by atoms with E-state index < -0.39 is 18.0 Å². The van der Waals surface area contributed by atoms with Crippen molar-refractivity contribution in [1.82, 2.24) is 0 Å². The van der Waals surface area contributed by atoms with Gasteiger partial charge in [0, 0.05) is 5.30 Å². The Bertz CT molecular complexity index is 854. The van der Waals surface area contributed by atoms with E-state index in [4.69, 9.17) is 0 Å². The zero-order valence-electron chi connectivity index (χ0n) is 12.2. The summed E-state index contributed by atoms with van der Waals surface area (Å²) in [5.74, 6) is 0. The summed E-state index contributed by atoms with van der Waals surface area (Å²) >= 11 is 0. The normalized spacial score (nSPS) is 11.6. The highest BCUT2D eigenvalue weighted by atomic mass is 32.2. The Balaban J connectivity index is 2.26. The summed E-state index contributed by atoms with van der Waals surface area (Å²) in [6.45, 7) is 0. The highest BCUT2D eigenvalue weighted by Gasteiger charge is 2.24. The molecule has 0 aliphatic carbocycles. The van der Waals surface area contributed by atoms with E-state index in [1.54, 1.807) is 18.2 Å². The van der Waals surface area contributed by atoms with Crippen LogP contribution in [0.5, 0.6) is 0 Å². The molecule has 0 bridgehead atoms. The van der Waals surface area contributed by atoms with Gasteiger partial charge in [-0.1, -0.05) is 78.9 Å². The van der Waals surface area contributed by atoms with Crippen LogP contribution in [0.3, 0.4) is 0 Å². The third-order valence-electron chi connectivity index (χ3n) is 3.41. The number of benzene rings is 3. The third-order valence-corrected chi connectivity index (χ3v) is 6.98. The Morgan fingerprint density at radius 2 is 1.09 bits per heavy atom. The van der Waals surface area contributed by atoms with Crippen molar-refractivity contribution in [3.63, 3.8) is 0 Å². The van der Waals surface area contributed by atoms with Crippen molar-refractivity contribution in [2.75, 3.05) is 0 Å². The van der Waals surface area contributed by atoms with E-state index in [9.17, 15) is 13.0 Å². The Kier molecular flexibility index (Phi) is 4.58. The van der Waals surface area contributed by atoms with E-state index in [2.05, 4.69) is 0 Å². The zero-order valence-corrected chi connectivity index (χ0v) is 13.9. The van der Waals surface area contributed by atoms with Gasteiger partial charge in [0.1, 0.15) is 4.90 Å². The maximum absolute atomic E-state index is 11.8. The van der Waals surface area contributed by atoms with Crippen LogP contribution >= 0.6 is 7.92 Å². The fourth-order valence-corrected chi connectivity index (χ4v) is 5.97. The fourth-order valence-electron chi connectivity index (χ4n) is 2.44. The van der Waals surface area contributed by atoms with Crippen LogP contribution in [0.1, 0.15) is 0 Å². The Morgan fingerprint density at radius 1 is 0.652 bits per heavy atom. The molecule has 5 heteroatoms. The Morgan fingerprint density at radius 3 is 1.57 bits per heavy atom. The van der Waals surface area contributed by atoms with Crippen molar-refractivity contribution in [3.05, 3.63) is 84.9 Å². The molecule has 116 valence electrons. The molecule has 0 radical (unpaired) electrons. The molecule has 0 unspecified atom stereocenters. The van der Waals surface area contributed by atoms with Crippen molar-refractivity contribution >= 4 is 34.0 Å². The lowest BCUT2D eigenvalue weighted by atomic mass is 10.3. The van der Waals surface area contributed by atoms with Crippen molar-refractivity contribution in [2.45, 2.75) is 4.90 Å². The molecule has 0 heterocycles. The molecular formula is C18H15O3PS. The van der Waals surface area contributed by atoms with Gasteiger partial charge in [0.15, 0.2) is 0 Å². The van der Waals surface area contributed by atoms with Gasteiger partial charge in [-0.25, -0.2) is 0 Å². The van der Waals surface area contributed by atoms with Gasteiger partial charge in [-0.3, -0.25) is 4.55 Å². The van der Waals surface area contributed by atoms with Crippen molar-refractivity contribution in [3.8, 4) is 0 Å². The summed E-state index contributed by atoms with van der Waals surface area (Å²) in [6.07, 6.45) is 0. The van der Waals surface area contributed by atoms with E-state index in [0.717, 1.165) is 10.6 Å². The topological polar surface area (TPSA) is 54.4 Å². The third kappa shape index (κ3) is 3.50. The van der Waals surface area contributed by atoms with Crippen LogP contribution in [0.4, 0.5) is 0 Å². The quantitative estimate of drug-likeness (QED) is 0.586. The first-order valence-electron chi connectivity index (χ1n) is 7.04. The number of hydrogen-bond acceptors (Lipinski definition) is 2. The van der Waals surface area contributed by atoms with Gasteiger partial charge in [-0.2, -0.15) is 8.42 Å². The molecule has 0 aliphatic rings. The molecule has 3 rings (SSSR count). The SMILES string of the molecule is O=S(=O)(O)c1ccccc1P(c1ccccc1)c1ccccc1. The second kappa shape index (κ2) is 6.63. The minimum atomic E-state index is -4.28. The average molecular weight is 342 g/mol. The molecule has 3 aromatic carbocycles. The smallest absolute Gasteiger partial charge is 0.282 e. The van der Waals surface area contributed by atoms with E-state index in [1.807, 2.05) is 60.7 Å². The molecule has 0 saturated carbocycles. The molecular weight excluding hydrogens is 327 g/mol. The van der Waals surface area contributed by atoms with Gasteiger partial charge in [-0.15, -0.1) is 0 Å². The van der Waals surface area contributed by atoms with Gasteiger partial charge in [0.2, 0.25) is 0 Å². The Hall–Kier alpha value is -2.00. The predicted octanol–water partition coefficient (Wildman–Crippen LogP) is 2.69. The number of hydrogen-bond donors (Lipinski definition) is 1. The molecule has 3 aromatic rings. The molecule has 0 spiro atoms. The largest absolute Gasteiger partial charge is 0.295 e. The lowest BCUT2D eigenvalue weighted by Gasteiger charge is -2.21. The Labute approximate surface area is 137 Å². The van der Waals surface area contributed by atoms with E-state index >= 15 is 0 Å². The van der Waals surface area contributed by atoms with Crippen LogP contribution in [0.25, 0.3) is 0 Å². The van der Waals surface area contributed by atoms with Crippen LogP contribution in [-0.4, -0.2) is 13.0 Å². The van der Waals surface area contributed by atoms with Crippen LogP contribution in [0.2, 0.25) is 0 Å². The molecule has 3 nitrogen and oxygen atoms in total. The zero-order chi connectivity index (χ0) is 16.3. The summed E-state index contributed by atoms with van der Waals surface area (Å²) in [5.41, 5.74) is 0. The van der Waals surface area contributed by atoms with Gasteiger partial charge < -0.3 is 0 Å². The molecule has 1 N–H and O–H groups in total. The number of rotatable bonds is 4. The lowest BCUT2D eigenvalue weighted by Crippen LogP contribution is -2.24. The van der Waals surface area contributed by atoms with E-state index in [1.165, 1.54) is 6.07 Å². The molecule has 23 heavy (non-hydrogen) atoms. The standard InChI is InChI=1S/C18H15O3PS/c19-23(20,21)18-14-8-7-13-17(18)22(15-9-3-1-4-10-15)16-11-5-2-6-12-16/h1-14H,(H,19,20,21). The van der Waals surface area contributed by atoms with Crippen molar-refractivity contribution in [1.29, 1.82) is 0 Å².